The van der Waals surface area contributed by atoms with Gasteiger partial charge in [-0.15, -0.1) is 0 Å². The van der Waals surface area contributed by atoms with Crippen molar-refractivity contribution >= 4 is 67.8 Å². The van der Waals surface area contributed by atoms with Crippen LogP contribution in [0.15, 0.2) is 126 Å². The molecule has 4 aromatic rings. The molecule has 2 N–H and O–H groups in total. The summed E-state index contributed by atoms with van der Waals surface area (Å²) in [5.41, 5.74) is 1.04. The summed E-state index contributed by atoms with van der Waals surface area (Å²) in [6.07, 6.45) is 13.3. The Bertz CT molecular complexity index is 1350. The van der Waals surface area contributed by atoms with Gasteiger partial charge in [-0.05, 0) is 73.6 Å². The van der Waals surface area contributed by atoms with Crippen molar-refractivity contribution in [2.45, 2.75) is 109 Å². The van der Waals surface area contributed by atoms with Gasteiger partial charge in [0.05, 0.1) is 11.2 Å². The number of rotatable bonds is 2. The van der Waals surface area contributed by atoms with Crippen molar-refractivity contribution < 1.29 is 34.8 Å². The molecule has 0 radical (unpaired) electrons. The molecule has 3 saturated carbocycles. The normalized spacial score (nSPS) is 24.5. The van der Waals surface area contributed by atoms with Crippen molar-refractivity contribution in [2.75, 3.05) is 0 Å². The molecule has 0 heterocycles. The summed E-state index contributed by atoms with van der Waals surface area (Å²) >= 11 is 3.31. The van der Waals surface area contributed by atoms with E-state index in [1.165, 1.54) is 19.3 Å². The van der Waals surface area contributed by atoms with Crippen LogP contribution < -0.4 is 17.0 Å². The average molecular weight is 857 g/mol. The van der Waals surface area contributed by atoms with Gasteiger partial charge in [-0.3, -0.25) is 4.79 Å². The van der Waals surface area contributed by atoms with Crippen LogP contribution in [0.25, 0.3) is 0 Å². The fraction of sp³-hybridized carbons (Fsp3) is 0.444. The van der Waals surface area contributed by atoms with E-state index in [4.69, 9.17) is 0 Å². The van der Waals surface area contributed by atoms with Crippen LogP contribution >= 0.6 is 15.9 Å². The van der Waals surface area contributed by atoms with Gasteiger partial charge in [0.25, 0.3) is 0 Å². The van der Waals surface area contributed by atoms with Crippen molar-refractivity contribution in [2.24, 2.45) is 17.8 Å². The van der Waals surface area contributed by atoms with Crippen LogP contribution in [-0.4, -0.2) is 62.1 Å². The zero-order valence-corrected chi connectivity index (χ0v) is 37.7. The summed E-state index contributed by atoms with van der Waals surface area (Å²) in [5.74, 6) is 1.61. The Morgan fingerprint density at radius 2 is 0.981 bits per heavy atom. The predicted molar refractivity (Wildman–Crippen MR) is 222 cm³/mol. The third-order valence-corrected chi connectivity index (χ3v) is 10.8. The fourth-order valence-corrected chi connectivity index (χ4v) is 7.19. The minimum Gasteiger partial charge on any atom is -1.00 e. The Morgan fingerprint density at radius 1 is 0.596 bits per heavy atom. The molecule has 3 nitrogen and oxygen atoms in total. The number of hydrogen-bond acceptors (Lipinski definition) is 3. The molecule has 4 aromatic carbocycles. The molecule has 0 saturated heterocycles. The maximum atomic E-state index is 10.8. The van der Waals surface area contributed by atoms with Gasteiger partial charge < -0.3 is 30.0 Å². The fourth-order valence-electron chi connectivity index (χ4n) is 6.89. The van der Waals surface area contributed by atoms with Gasteiger partial charge >= 0.3 is 46.1 Å². The Balaban J connectivity index is -0.000000611. The van der Waals surface area contributed by atoms with Crippen LogP contribution in [-0.2, 0) is 16.0 Å². The van der Waals surface area contributed by atoms with Crippen LogP contribution in [0, 0.1) is 23.8 Å². The smallest absolute Gasteiger partial charge is 1.00 e. The van der Waals surface area contributed by atoms with E-state index >= 15 is 0 Å². The number of ketones is 1. The second-order valence-electron chi connectivity index (χ2n) is 13.9. The molecule has 7 heteroatoms. The van der Waals surface area contributed by atoms with Crippen molar-refractivity contribution in [1.29, 1.82) is 0 Å². The monoisotopic (exact) mass is 854 g/mol. The molecule has 3 aliphatic carbocycles. The summed E-state index contributed by atoms with van der Waals surface area (Å²) < 4.78 is 1.13. The van der Waals surface area contributed by atoms with E-state index in [9.17, 15) is 15.0 Å². The predicted octanol–water partition coefficient (Wildman–Crippen LogP) is 8.34. The zero-order valence-electron chi connectivity index (χ0n) is 33.7. The molecule has 0 aliphatic heterocycles. The summed E-state index contributed by atoms with van der Waals surface area (Å²) in [7, 11) is 0. The number of halogens is 2. The molecule has 7 rings (SSSR count). The van der Waals surface area contributed by atoms with E-state index in [0.717, 1.165) is 73.4 Å². The number of hydrogen-bond donors (Lipinski definition) is 2. The first kappa shape index (κ1) is 51.0. The van der Waals surface area contributed by atoms with E-state index in [0.29, 0.717) is 23.5 Å². The number of carbonyl (C=O) groups excluding carboxylic acids is 1. The van der Waals surface area contributed by atoms with Gasteiger partial charge in [-0.1, -0.05) is 148 Å². The summed E-state index contributed by atoms with van der Waals surface area (Å²) in [4.78, 5) is 10.8. The molecule has 0 aromatic heterocycles. The molecule has 5 unspecified atom stereocenters. The first-order valence-corrected chi connectivity index (χ1v) is 19.2. The van der Waals surface area contributed by atoms with Gasteiger partial charge in [0, 0.05) is 16.8 Å². The second kappa shape index (κ2) is 28.4. The average Bonchev–Trinajstić information content (AvgIpc) is 3.15. The molecule has 0 spiro atoms. The van der Waals surface area contributed by atoms with E-state index in [1.54, 1.807) is 0 Å². The Hall–Kier alpha value is -1.04. The van der Waals surface area contributed by atoms with Crippen molar-refractivity contribution in [1.82, 2.24) is 0 Å². The number of benzene rings is 4. The first-order valence-electron chi connectivity index (χ1n) is 18.4. The van der Waals surface area contributed by atoms with Crippen molar-refractivity contribution in [3.8, 4) is 0 Å². The Kier molecular flexibility index (Phi) is 27.8. The van der Waals surface area contributed by atoms with Gasteiger partial charge in [0.2, 0.25) is 0 Å². The second-order valence-corrected chi connectivity index (χ2v) is 14.8. The van der Waals surface area contributed by atoms with E-state index in [2.05, 4.69) is 35.8 Å². The summed E-state index contributed by atoms with van der Waals surface area (Å²) in [6.45, 7) is 6.35. The standard InChI is InChI=1S/2C13H18O.C7H12O.C6H5Br.C6H5.BrH.2Mg.2H/c2*1-11-7-5-6-10-13(11,14)12-8-3-2-4-9-12;1-6-4-2-3-5-7(6)8;7-6-4-2-1-3-5-6;1-2-4-6-5-3-1;;;;;/h2*2-4,8-9,11,14H,5-7,10H2,1H3;6H,2-5H2,1H3;1-5H;1-5H;1H;;;;/q;;;;-1;;2*+2;2*-1/p-1. The van der Waals surface area contributed by atoms with Gasteiger partial charge in [-0.25, -0.2) is 0 Å². The van der Waals surface area contributed by atoms with E-state index < -0.39 is 11.2 Å². The molecule has 52 heavy (non-hydrogen) atoms. The summed E-state index contributed by atoms with van der Waals surface area (Å²) in [5, 5.41) is 21.2. The maximum Gasteiger partial charge on any atom is 2.00 e. The van der Waals surface area contributed by atoms with Crippen LogP contribution in [0.1, 0.15) is 112 Å². The third-order valence-electron chi connectivity index (χ3n) is 10.3. The zero-order chi connectivity index (χ0) is 35.4. The van der Waals surface area contributed by atoms with Gasteiger partial charge in [0.1, 0.15) is 5.78 Å². The molecule has 5 atom stereocenters. The number of aliphatic hydroxyl groups is 2. The van der Waals surface area contributed by atoms with Crippen molar-refractivity contribution in [3.05, 3.63) is 143 Å². The minimum atomic E-state index is -0.570. The van der Waals surface area contributed by atoms with Gasteiger partial charge in [-0.2, -0.15) is 36.4 Å². The van der Waals surface area contributed by atoms with E-state index in [1.807, 2.05) is 128 Å². The topological polar surface area (TPSA) is 57.5 Å². The summed E-state index contributed by atoms with van der Waals surface area (Å²) in [6, 6.07) is 42.7. The quantitative estimate of drug-likeness (QED) is 0.158. The molecule has 276 valence electrons. The molecule has 3 fully saturated rings. The first-order chi connectivity index (χ1) is 23.7. The molecule has 0 amide bonds. The van der Waals surface area contributed by atoms with E-state index in [-0.39, 0.29) is 65.9 Å². The minimum absolute atomic E-state index is 0. The SMILES string of the molecule is Brc1ccccc1.CC1CCCCC1(O)c1ccccc1.CC1CCCCC1(O)c1ccccc1.CC1CCCCC1=O.[Br-].[H-].[H-].[Mg+2].[Mg+2].[c-]1ccccc1. The molecule has 0 bridgehead atoms. The number of Topliss-reactive ketones (excluding diaryl/α,β-unsaturated/α-hetero) is 1. The van der Waals surface area contributed by atoms with Crippen LogP contribution in [0.3, 0.4) is 0 Å². The van der Waals surface area contributed by atoms with Crippen LogP contribution in [0.5, 0.6) is 0 Å². The molecular weight excluding hydrogens is 797 g/mol. The third kappa shape index (κ3) is 17.6. The van der Waals surface area contributed by atoms with Crippen LogP contribution in [0.4, 0.5) is 0 Å². The molecular formula is C45H60Br2Mg2O3. The van der Waals surface area contributed by atoms with Crippen molar-refractivity contribution in [3.63, 3.8) is 0 Å². The Labute approximate surface area is 369 Å². The molecule has 3 aliphatic rings. The Morgan fingerprint density at radius 3 is 1.25 bits per heavy atom. The van der Waals surface area contributed by atoms with Crippen LogP contribution in [0.2, 0.25) is 0 Å². The largest absolute Gasteiger partial charge is 2.00 e. The van der Waals surface area contributed by atoms with Gasteiger partial charge in [0.15, 0.2) is 0 Å². The maximum absolute atomic E-state index is 10.8. The number of carbonyl (C=O) groups is 1.